The van der Waals surface area contributed by atoms with Gasteiger partial charge in [0.1, 0.15) is 5.75 Å². The molecule has 0 unspecified atom stereocenters. The zero-order valence-electron chi connectivity index (χ0n) is 20.8. The predicted molar refractivity (Wildman–Crippen MR) is 138 cm³/mol. The molecule has 9 heteroatoms. The van der Waals surface area contributed by atoms with E-state index >= 15 is 0 Å². The molecule has 0 bridgehead atoms. The Bertz CT molecular complexity index is 1430. The van der Waals surface area contributed by atoms with Crippen LogP contribution in [0.5, 0.6) is 5.75 Å². The van der Waals surface area contributed by atoms with E-state index in [2.05, 4.69) is 32.0 Å². The number of aromatic nitrogens is 3. The number of likely N-dealkylation sites (tertiary alicyclic amines) is 1. The Hall–Kier alpha value is -3.81. The van der Waals surface area contributed by atoms with Crippen LogP contribution < -0.4 is 4.74 Å². The summed E-state index contributed by atoms with van der Waals surface area (Å²) in [6, 6.07) is 14.1. The van der Waals surface area contributed by atoms with Gasteiger partial charge in [0.15, 0.2) is 5.69 Å². The van der Waals surface area contributed by atoms with Gasteiger partial charge in [0.05, 0.1) is 18.3 Å². The summed E-state index contributed by atoms with van der Waals surface area (Å²) in [5, 5.41) is 6.49. The summed E-state index contributed by atoms with van der Waals surface area (Å²) in [6.45, 7) is 7.99. The summed E-state index contributed by atoms with van der Waals surface area (Å²) in [5.74, 6) is 1.11. The van der Waals surface area contributed by atoms with Crippen LogP contribution in [0.3, 0.4) is 0 Å². The van der Waals surface area contributed by atoms with Gasteiger partial charge in [-0.1, -0.05) is 48.9 Å². The molecular formula is C27H28N4O4S. The second-order valence-electron chi connectivity index (χ2n) is 8.96. The van der Waals surface area contributed by atoms with Crippen molar-refractivity contribution in [3.63, 3.8) is 0 Å². The van der Waals surface area contributed by atoms with Crippen LogP contribution in [0.4, 0.5) is 0 Å². The second-order valence-corrected chi connectivity index (χ2v) is 9.97. The number of fused-ring (bicyclic) bond motifs is 1. The molecule has 2 aromatic heterocycles. The van der Waals surface area contributed by atoms with Gasteiger partial charge in [0, 0.05) is 28.9 Å². The minimum Gasteiger partial charge on any atom is -0.497 e. The Morgan fingerprint density at radius 1 is 1.11 bits per heavy atom. The number of methoxy groups -OCH3 is 1. The third-order valence-electron chi connectivity index (χ3n) is 6.12. The Balaban J connectivity index is 0.000000967. The zero-order valence-corrected chi connectivity index (χ0v) is 21.6. The van der Waals surface area contributed by atoms with Crippen molar-refractivity contribution in [1.82, 2.24) is 19.7 Å². The maximum Gasteiger partial charge on any atom is 0.373 e. The van der Waals surface area contributed by atoms with Crippen molar-refractivity contribution >= 4 is 34.3 Å². The molecule has 1 aliphatic rings. The molecule has 0 saturated carbocycles. The van der Waals surface area contributed by atoms with Gasteiger partial charge in [-0.15, -0.1) is 0 Å². The maximum atomic E-state index is 13.3. The SMILES string of the molecule is COc1cccc(-c2nc(-n3nc(C(=O)N4CCCC4)c4cc(C)ccc43)sc2C(C)C)c1.O=C=O. The molecule has 4 aromatic rings. The van der Waals surface area contributed by atoms with Crippen molar-refractivity contribution in [2.75, 3.05) is 20.2 Å². The lowest BCUT2D eigenvalue weighted by molar-refractivity contribution is -0.191. The molecule has 186 valence electrons. The van der Waals surface area contributed by atoms with Crippen molar-refractivity contribution in [3.8, 4) is 22.1 Å². The second kappa shape index (κ2) is 10.8. The van der Waals surface area contributed by atoms with E-state index in [0.717, 1.165) is 64.5 Å². The third kappa shape index (κ3) is 4.94. The average molecular weight is 505 g/mol. The van der Waals surface area contributed by atoms with E-state index in [9.17, 15) is 4.79 Å². The first-order valence-corrected chi connectivity index (χ1v) is 12.6. The summed E-state index contributed by atoms with van der Waals surface area (Å²) < 4.78 is 7.28. The van der Waals surface area contributed by atoms with E-state index in [-0.39, 0.29) is 12.1 Å². The number of hydrogen-bond donors (Lipinski definition) is 0. The average Bonchev–Trinajstić information content (AvgIpc) is 3.62. The summed E-state index contributed by atoms with van der Waals surface area (Å²) in [4.78, 5) is 37.7. The number of benzene rings is 2. The molecule has 0 atom stereocenters. The number of carbonyl (C=O) groups excluding carboxylic acids is 3. The number of nitrogens with zero attached hydrogens (tertiary/aromatic N) is 4. The molecule has 0 N–H and O–H groups in total. The van der Waals surface area contributed by atoms with Crippen LogP contribution in [0.15, 0.2) is 42.5 Å². The molecule has 1 fully saturated rings. The quantitative estimate of drug-likeness (QED) is 0.369. The first-order valence-electron chi connectivity index (χ1n) is 11.8. The number of amides is 1. The lowest BCUT2D eigenvalue weighted by Gasteiger charge is -2.13. The van der Waals surface area contributed by atoms with Gasteiger partial charge >= 0.3 is 6.15 Å². The number of rotatable bonds is 5. The van der Waals surface area contributed by atoms with Crippen LogP contribution in [0.25, 0.3) is 27.3 Å². The van der Waals surface area contributed by atoms with E-state index < -0.39 is 0 Å². The van der Waals surface area contributed by atoms with Crippen LogP contribution in [0, 0.1) is 6.92 Å². The summed E-state index contributed by atoms with van der Waals surface area (Å²) in [6.07, 6.45) is 2.36. The number of carbonyl (C=O) groups is 1. The van der Waals surface area contributed by atoms with E-state index in [1.165, 1.54) is 4.88 Å². The highest BCUT2D eigenvalue weighted by Gasteiger charge is 2.27. The van der Waals surface area contributed by atoms with Crippen molar-refractivity contribution < 1.29 is 19.1 Å². The Morgan fingerprint density at radius 3 is 2.50 bits per heavy atom. The highest BCUT2D eigenvalue weighted by Crippen LogP contribution is 2.37. The van der Waals surface area contributed by atoms with Crippen LogP contribution in [0.2, 0.25) is 0 Å². The van der Waals surface area contributed by atoms with Gasteiger partial charge in [0.25, 0.3) is 5.91 Å². The maximum absolute atomic E-state index is 13.3. The molecule has 8 nitrogen and oxygen atoms in total. The smallest absolute Gasteiger partial charge is 0.373 e. The molecule has 2 aromatic carbocycles. The van der Waals surface area contributed by atoms with Crippen molar-refractivity contribution in [1.29, 1.82) is 0 Å². The number of ether oxygens (including phenoxy) is 1. The fourth-order valence-electron chi connectivity index (χ4n) is 4.39. The lowest BCUT2D eigenvalue weighted by atomic mass is 10.1. The van der Waals surface area contributed by atoms with E-state index in [1.54, 1.807) is 18.4 Å². The minimum absolute atomic E-state index is 0.00973. The van der Waals surface area contributed by atoms with E-state index in [4.69, 9.17) is 24.4 Å². The van der Waals surface area contributed by atoms with Crippen molar-refractivity contribution in [2.24, 2.45) is 0 Å². The highest BCUT2D eigenvalue weighted by atomic mass is 32.1. The number of hydrogen-bond acceptors (Lipinski definition) is 7. The van der Waals surface area contributed by atoms with Crippen LogP contribution in [-0.2, 0) is 9.59 Å². The fraction of sp³-hybridized carbons (Fsp3) is 0.333. The van der Waals surface area contributed by atoms with Gasteiger partial charge in [-0.05, 0) is 49.9 Å². The molecule has 0 radical (unpaired) electrons. The zero-order chi connectivity index (χ0) is 25.8. The largest absolute Gasteiger partial charge is 0.497 e. The van der Waals surface area contributed by atoms with Gasteiger partial charge in [0.2, 0.25) is 5.13 Å². The molecule has 1 amide bonds. The van der Waals surface area contributed by atoms with Crippen molar-refractivity contribution in [2.45, 2.75) is 39.5 Å². The molecular weight excluding hydrogens is 476 g/mol. The predicted octanol–water partition coefficient (Wildman–Crippen LogP) is 5.24. The minimum atomic E-state index is 0.00973. The normalized spacial score (nSPS) is 13.0. The summed E-state index contributed by atoms with van der Waals surface area (Å²) in [7, 11) is 1.67. The summed E-state index contributed by atoms with van der Waals surface area (Å²) >= 11 is 1.63. The topological polar surface area (TPSA) is 94.4 Å². The first kappa shape index (κ1) is 25.3. The molecule has 5 rings (SSSR count). The van der Waals surface area contributed by atoms with Gasteiger partial charge in [-0.2, -0.15) is 14.7 Å². The number of thiazole rings is 1. The molecule has 1 saturated heterocycles. The lowest BCUT2D eigenvalue weighted by Crippen LogP contribution is -2.28. The molecule has 0 spiro atoms. The monoisotopic (exact) mass is 504 g/mol. The van der Waals surface area contributed by atoms with E-state index in [0.29, 0.717) is 11.6 Å². The Labute approximate surface area is 213 Å². The van der Waals surface area contributed by atoms with E-state index in [1.807, 2.05) is 40.8 Å². The molecule has 3 heterocycles. The van der Waals surface area contributed by atoms with Crippen molar-refractivity contribution in [3.05, 3.63) is 58.6 Å². The van der Waals surface area contributed by atoms with Crippen LogP contribution >= 0.6 is 11.3 Å². The number of aryl methyl sites for hydroxylation is 1. The molecule has 0 aliphatic carbocycles. The van der Waals surface area contributed by atoms with Crippen LogP contribution in [0.1, 0.15) is 53.5 Å². The van der Waals surface area contributed by atoms with Gasteiger partial charge < -0.3 is 9.64 Å². The molecule has 36 heavy (non-hydrogen) atoms. The fourth-order valence-corrected chi connectivity index (χ4v) is 5.44. The standard InChI is InChI=1S/C26H28N4O2S.CO2/c1-16(2)24-22(18-8-7-9-19(15-18)32-4)27-26(33-24)30-21-11-10-17(3)14-20(21)23(28-30)25(31)29-12-5-6-13-29;2-1-3/h7-11,14-16H,5-6,12-13H2,1-4H3;. The van der Waals surface area contributed by atoms with Gasteiger partial charge in [-0.25, -0.2) is 9.67 Å². The third-order valence-corrected chi connectivity index (χ3v) is 7.45. The molecule has 1 aliphatic heterocycles. The highest BCUT2D eigenvalue weighted by molar-refractivity contribution is 7.14. The first-order chi connectivity index (χ1) is 17.4. The van der Waals surface area contributed by atoms with Crippen LogP contribution in [-0.4, -0.2) is 51.9 Å². The summed E-state index contributed by atoms with van der Waals surface area (Å²) in [5.41, 5.74) is 4.48. The van der Waals surface area contributed by atoms with Gasteiger partial charge in [-0.3, -0.25) is 4.79 Å². The Kier molecular flexibility index (Phi) is 7.62. The Morgan fingerprint density at radius 2 is 1.83 bits per heavy atom.